The van der Waals surface area contributed by atoms with Gasteiger partial charge in [0.1, 0.15) is 0 Å². The molecule has 0 saturated heterocycles. The lowest BCUT2D eigenvalue weighted by atomic mass is 9.99. The average Bonchev–Trinajstić information content (AvgIpc) is 2.64. The predicted octanol–water partition coefficient (Wildman–Crippen LogP) is 0.849. The summed E-state index contributed by atoms with van der Waals surface area (Å²) in [5.74, 6) is -0.0967. The van der Waals surface area contributed by atoms with Crippen LogP contribution in [0.15, 0.2) is 0 Å². The molecule has 0 heterocycles. The Labute approximate surface area is 66.8 Å². The summed E-state index contributed by atoms with van der Waals surface area (Å²) >= 11 is 0. The highest BCUT2D eigenvalue weighted by molar-refractivity contribution is 5.69. The van der Waals surface area contributed by atoms with E-state index in [0.29, 0.717) is 5.92 Å². The van der Waals surface area contributed by atoms with Crippen molar-refractivity contribution in [1.29, 1.82) is 0 Å². The minimum Gasteiger partial charge on any atom is -0.480 e. The van der Waals surface area contributed by atoms with Gasteiger partial charge in [-0.15, -0.1) is 0 Å². The van der Waals surface area contributed by atoms with E-state index in [1.54, 1.807) is 0 Å². The first-order valence-corrected chi connectivity index (χ1v) is 3.99. The summed E-state index contributed by atoms with van der Waals surface area (Å²) in [7, 11) is 0. The smallest absolute Gasteiger partial charge is 0.317 e. The third-order valence-electron chi connectivity index (χ3n) is 2.29. The van der Waals surface area contributed by atoms with Gasteiger partial charge in [0.15, 0.2) is 0 Å². The molecule has 11 heavy (non-hydrogen) atoms. The summed E-state index contributed by atoms with van der Waals surface area (Å²) in [6.07, 6.45) is 2.47. The number of nitrogens with one attached hydrogen (secondary N) is 1. The van der Waals surface area contributed by atoms with Crippen LogP contribution in [0.2, 0.25) is 0 Å². The first kappa shape index (κ1) is 8.53. The molecule has 1 fully saturated rings. The second-order valence-electron chi connectivity index (χ2n) is 3.74. The van der Waals surface area contributed by atoms with E-state index in [2.05, 4.69) is 19.2 Å². The molecule has 0 amide bonds. The number of hydrogen-bond donors (Lipinski definition) is 2. The first-order valence-electron chi connectivity index (χ1n) is 3.99. The largest absolute Gasteiger partial charge is 0.480 e. The molecule has 1 aliphatic rings. The van der Waals surface area contributed by atoms with Crippen molar-refractivity contribution in [2.24, 2.45) is 5.92 Å². The molecule has 3 nitrogen and oxygen atoms in total. The third-order valence-corrected chi connectivity index (χ3v) is 2.29. The van der Waals surface area contributed by atoms with E-state index in [0.717, 1.165) is 0 Å². The standard InChI is InChI=1S/C8H15NO2/c1-8(2,6-3-4-6)9-5-7(10)11/h6,9H,3-5H2,1-2H3,(H,10,11). The van der Waals surface area contributed by atoms with E-state index >= 15 is 0 Å². The quantitative estimate of drug-likeness (QED) is 0.636. The number of rotatable bonds is 4. The van der Waals surface area contributed by atoms with Crippen LogP contribution < -0.4 is 5.32 Å². The van der Waals surface area contributed by atoms with Crippen LogP contribution in [0.4, 0.5) is 0 Å². The van der Waals surface area contributed by atoms with Gasteiger partial charge in [0.2, 0.25) is 0 Å². The highest BCUT2D eigenvalue weighted by atomic mass is 16.4. The topological polar surface area (TPSA) is 49.3 Å². The molecule has 0 spiro atoms. The van der Waals surface area contributed by atoms with Gasteiger partial charge in [-0.1, -0.05) is 0 Å². The Balaban J connectivity index is 2.27. The minimum atomic E-state index is -0.779. The number of carbonyl (C=O) groups is 1. The SMILES string of the molecule is CC(C)(NCC(=O)O)C1CC1. The molecule has 0 atom stereocenters. The van der Waals surface area contributed by atoms with Crippen LogP contribution in [-0.4, -0.2) is 23.2 Å². The zero-order valence-electron chi connectivity index (χ0n) is 7.05. The van der Waals surface area contributed by atoms with Gasteiger partial charge in [-0.25, -0.2) is 0 Å². The normalized spacial score (nSPS) is 18.4. The molecule has 0 aromatic carbocycles. The fourth-order valence-electron chi connectivity index (χ4n) is 1.25. The Kier molecular flexibility index (Phi) is 2.18. The second kappa shape index (κ2) is 2.81. The van der Waals surface area contributed by atoms with E-state index in [-0.39, 0.29) is 12.1 Å². The zero-order valence-corrected chi connectivity index (χ0v) is 7.05. The van der Waals surface area contributed by atoms with Crippen molar-refractivity contribution in [1.82, 2.24) is 5.32 Å². The van der Waals surface area contributed by atoms with Crippen molar-refractivity contribution in [2.75, 3.05) is 6.54 Å². The van der Waals surface area contributed by atoms with E-state index in [9.17, 15) is 4.79 Å². The van der Waals surface area contributed by atoms with Crippen molar-refractivity contribution in [3.8, 4) is 0 Å². The maximum Gasteiger partial charge on any atom is 0.317 e. The highest BCUT2D eigenvalue weighted by Gasteiger charge is 2.37. The van der Waals surface area contributed by atoms with Gasteiger partial charge in [0.25, 0.3) is 0 Å². The number of hydrogen-bond acceptors (Lipinski definition) is 2. The van der Waals surface area contributed by atoms with Crippen molar-refractivity contribution in [2.45, 2.75) is 32.2 Å². The van der Waals surface area contributed by atoms with Gasteiger partial charge in [0, 0.05) is 5.54 Å². The molecule has 64 valence electrons. The second-order valence-corrected chi connectivity index (χ2v) is 3.74. The van der Waals surface area contributed by atoms with Crippen molar-refractivity contribution in [3.05, 3.63) is 0 Å². The van der Waals surface area contributed by atoms with E-state index in [4.69, 9.17) is 5.11 Å². The van der Waals surface area contributed by atoms with E-state index < -0.39 is 5.97 Å². The van der Waals surface area contributed by atoms with Crippen molar-refractivity contribution in [3.63, 3.8) is 0 Å². The molecular formula is C8H15NO2. The Morgan fingerprint density at radius 1 is 1.64 bits per heavy atom. The van der Waals surface area contributed by atoms with Crippen LogP contribution in [0.25, 0.3) is 0 Å². The lowest BCUT2D eigenvalue weighted by molar-refractivity contribution is -0.136. The summed E-state index contributed by atoms with van der Waals surface area (Å²) in [5.41, 5.74) is 0.0123. The summed E-state index contributed by atoms with van der Waals surface area (Å²) in [6, 6.07) is 0. The van der Waals surface area contributed by atoms with Crippen LogP contribution in [0.5, 0.6) is 0 Å². The maximum absolute atomic E-state index is 10.2. The molecule has 0 aromatic heterocycles. The molecule has 0 radical (unpaired) electrons. The Hall–Kier alpha value is -0.570. The van der Waals surface area contributed by atoms with E-state index in [1.165, 1.54) is 12.8 Å². The first-order chi connectivity index (χ1) is 5.02. The molecule has 1 rings (SSSR count). The van der Waals surface area contributed by atoms with Crippen molar-refractivity contribution < 1.29 is 9.90 Å². The molecule has 1 aliphatic carbocycles. The van der Waals surface area contributed by atoms with Gasteiger partial charge in [-0.05, 0) is 32.6 Å². The van der Waals surface area contributed by atoms with Crippen molar-refractivity contribution >= 4 is 5.97 Å². The summed E-state index contributed by atoms with van der Waals surface area (Å²) in [6.45, 7) is 4.20. The fourth-order valence-corrected chi connectivity index (χ4v) is 1.25. The summed E-state index contributed by atoms with van der Waals surface area (Å²) < 4.78 is 0. The van der Waals surface area contributed by atoms with Gasteiger partial charge >= 0.3 is 5.97 Å². The van der Waals surface area contributed by atoms with E-state index in [1.807, 2.05) is 0 Å². The fraction of sp³-hybridized carbons (Fsp3) is 0.875. The minimum absolute atomic E-state index is 0.0123. The lowest BCUT2D eigenvalue weighted by Gasteiger charge is -2.24. The number of aliphatic carboxylic acids is 1. The lowest BCUT2D eigenvalue weighted by Crippen LogP contribution is -2.43. The van der Waals surface area contributed by atoms with Crippen LogP contribution in [0.3, 0.4) is 0 Å². The summed E-state index contributed by atoms with van der Waals surface area (Å²) in [4.78, 5) is 10.2. The molecule has 1 saturated carbocycles. The predicted molar refractivity (Wildman–Crippen MR) is 42.4 cm³/mol. The Bertz CT molecular complexity index is 161. The maximum atomic E-state index is 10.2. The summed E-state index contributed by atoms with van der Waals surface area (Å²) in [5, 5.41) is 11.4. The average molecular weight is 157 g/mol. The molecular weight excluding hydrogens is 142 g/mol. The van der Waals surface area contributed by atoms with Gasteiger partial charge in [-0.2, -0.15) is 0 Å². The van der Waals surface area contributed by atoms with Crippen LogP contribution in [0, 0.1) is 5.92 Å². The molecule has 0 unspecified atom stereocenters. The molecule has 0 bridgehead atoms. The number of carboxylic acid groups (broad SMARTS) is 1. The van der Waals surface area contributed by atoms with Gasteiger partial charge < -0.3 is 10.4 Å². The van der Waals surface area contributed by atoms with Crippen LogP contribution in [0.1, 0.15) is 26.7 Å². The third kappa shape index (κ3) is 2.50. The van der Waals surface area contributed by atoms with Crippen LogP contribution in [-0.2, 0) is 4.79 Å². The van der Waals surface area contributed by atoms with Crippen LogP contribution >= 0.6 is 0 Å². The Morgan fingerprint density at radius 2 is 2.18 bits per heavy atom. The molecule has 0 aromatic rings. The zero-order chi connectivity index (χ0) is 8.48. The Morgan fingerprint density at radius 3 is 2.55 bits per heavy atom. The van der Waals surface area contributed by atoms with Gasteiger partial charge in [0.05, 0.1) is 6.54 Å². The molecule has 2 N–H and O–H groups in total. The monoisotopic (exact) mass is 157 g/mol. The number of carboxylic acids is 1. The molecule has 0 aliphatic heterocycles. The molecule has 3 heteroatoms. The highest BCUT2D eigenvalue weighted by Crippen LogP contribution is 2.38. The van der Waals surface area contributed by atoms with Gasteiger partial charge in [-0.3, -0.25) is 4.79 Å².